The smallest absolute Gasteiger partial charge is 0.272 e. The molecule has 4 nitrogen and oxygen atoms in total. The largest absolute Gasteiger partial charge is 0.483 e. The molecule has 0 radical (unpaired) electrons. The van der Waals surface area contributed by atoms with Crippen molar-refractivity contribution in [2.24, 2.45) is 0 Å². The number of carbonyl (C=O) groups excluding carboxylic acids is 1. The molecule has 1 rings (SSSR count). The van der Waals surface area contributed by atoms with E-state index in [0.29, 0.717) is 5.75 Å². The SMILES string of the molecule is CN(C)NC(=O)COc1ccccc1Br. The van der Waals surface area contributed by atoms with Crippen LogP contribution in [0.3, 0.4) is 0 Å². The van der Waals surface area contributed by atoms with Crippen LogP contribution in [0, 0.1) is 0 Å². The Morgan fingerprint density at radius 3 is 2.73 bits per heavy atom. The fourth-order valence-electron chi connectivity index (χ4n) is 0.987. The molecule has 5 heteroatoms. The van der Waals surface area contributed by atoms with Crippen molar-refractivity contribution in [1.29, 1.82) is 0 Å². The van der Waals surface area contributed by atoms with E-state index in [-0.39, 0.29) is 12.5 Å². The van der Waals surface area contributed by atoms with Crippen molar-refractivity contribution in [3.8, 4) is 5.75 Å². The van der Waals surface area contributed by atoms with Crippen LogP contribution in [0.2, 0.25) is 0 Å². The van der Waals surface area contributed by atoms with Gasteiger partial charge in [0.25, 0.3) is 5.91 Å². The number of carbonyl (C=O) groups is 1. The number of para-hydroxylation sites is 1. The summed E-state index contributed by atoms with van der Waals surface area (Å²) in [6.45, 7) is 0.000787. The minimum absolute atomic E-state index is 0.000787. The molecule has 0 saturated carbocycles. The van der Waals surface area contributed by atoms with Crippen molar-refractivity contribution in [1.82, 2.24) is 10.4 Å². The standard InChI is InChI=1S/C10H13BrN2O2/c1-13(2)12-10(14)7-15-9-6-4-3-5-8(9)11/h3-6H,7H2,1-2H3,(H,12,14). The Kier molecular flexibility index (Phi) is 4.58. The zero-order valence-corrected chi connectivity index (χ0v) is 10.2. The molecule has 0 spiro atoms. The average Bonchev–Trinajstić information content (AvgIpc) is 2.15. The van der Waals surface area contributed by atoms with Gasteiger partial charge < -0.3 is 4.74 Å². The molecule has 1 aromatic carbocycles. The topological polar surface area (TPSA) is 41.6 Å². The number of nitrogens with one attached hydrogen (secondary N) is 1. The molecule has 82 valence electrons. The van der Waals surface area contributed by atoms with Crippen molar-refractivity contribution in [2.75, 3.05) is 20.7 Å². The molecule has 0 saturated heterocycles. The monoisotopic (exact) mass is 272 g/mol. The fourth-order valence-corrected chi connectivity index (χ4v) is 1.39. The number of halogens is 1. The first-order chi connectivity index (χ1) is 7.09. The third-order valence-electron chi connectivity index (χ3n) is 1.54. The molecule has 0 aromatic heterocycles. The van der Waals surface area contributed by atoms with Crippen LogP contribution >= 0.6 is 15.9 Å². The van der Waals surface area contributed by atoms with Crippen LogP contribution in [0.5, 0.6) is 5.75 Å². The molecular formula is C10H13BrN2O2. The second kappa shape index (κ2) is 5.72. The number of benzene rings is 1. The predicted molar refractivity (Wildman–Crippen MR) is 61.5 cm³/mol. The first kappa shape index (κ1) is 12.0. The minimum Gasteiger partial charge on any atom is -0.483 e. The van der Waals surface area contributed by atoms with Gasteiger partial charge in [0.05, 0.1) is 4.47 Å². The number of ether oxygens (including phenoxy) is 1. The number of hydrogen-bond donors (Lipinski definition) is 1. The highest BCUT2D eigenvalue weighted by atomic mass is 79.9. The van der Waals surface area contributed by atoms with Crippen molar-refractivity contribution in [3.05, 3.63) is 28.7 Å². The van der Waals surface area contributed by atoms with Crippen molar-refractivity contribution < 1.29 is 9.53 Å². The van der Waals surface area contributed by atoms with Gasteiger partial charge in [-0.2, -0.15) is 0 Å². The Morgan fingerprint density at radius 2 is 2.13 bits per heavy atom. The van der Waals surface area contributed by atoms with E-state index < -0.39 is 0 Å². The molecule has 1 N–H and O–H groups in total. The summed E-state index contributed by atoms with van der Waals surface area (Å²) in [6.07, 6.45) is 0. The zero-order chi connectivity index (χ0) is 11.3. The molecule has 1 aromatic rings. The summed E-state index contributed by atoms with van der Waals surface area (Å²) in [7, 11) is 3.49. The maximum Gasteiger partial charge on any atom is 0.272 e. The van der Waals surface area contributed by atoms with Crippen LogP contribution in [-0.2, 0) is 4.79 Å². The van der Waals surface area contributed by atoms with Crippen LogP contribution in [0.4, 0.5) is 0 Å². The van der Waals surface area contributed by atoms with Gasteiger partial charge in [0.15, 0.2) is 6.61 Å². The van der Waals surface area contributed by atoms with Crippen molar-refractivity contribution >= 4 is 21.8 Å². The van der Waals surface area contributed by atoms with Crippen LogP contribution in [0.25, 0.3) is 0 Å². The Balaban J connectivity index is 2.44. The minimum atomic E-state index is -0.184. The maximum absolute atomic E-state index is 11.2. The Morgan fingerprint density at radius 1 is 1.47 bits per heavy atom. The van der Waals surface area contributed by atoms with Crippen molar-refractivity contribution in [2.45, 2.75) is 0 Å². The average molecular weight is 273 g/mol. The highest BCUT2D eigenvalue weighted by Gasteiger charge is 2.04. The van der Waals surface area contributed by atoms with Crippen molar-refractivity contribution in [3.63, 3.8) is 0 Å². The van der Waals surface area contributed by atoms with Crippen LogP contribution in [0.1, 0.15) is 0 Å². The van der Waals surface area contributed by atoms with Gasteiger partial charge in [0.1, 0.15) is 5.75 Å². The molecule has 1 amide bonds. The summed E-state index contributed by atoms with van der Waals surface area (Å²) in [5.41, 5.74) is 2.59. The lowest BCUT2D eigenvalue weighted by atomic mass is 10.3. The number of nitrogens with zero attached hydrogens (tertiary/aromatic N) is 1. The van der Waals surface area contributed by atoms with E-state index >= 15 is 0 Å². The lowest BCUT2D eigenvalue weighted by molar-refractivity contribution is -0.126. The first-order valence-corrected chi connectivity index (χ1v) is 5.23. The molecule has 0 fully saturated rings. The number of hydrogen-bond acceptors (Lipinski definition) is 3. The van der Waals surface area contributed by atoms with E-state index in [4.69, 9.17) is 4.74 Å². The van der Waals surface area contributed by atoms with Gasteiger partial charge in [-0.05, 0) is 28.1 Å². The summed E-state index contributed by atoms with van der Waals surface area (Å²) < 4.78 is 6.15. The van der Waals surface area contributed by atoms with E-state index in [2.05, 4.69) is 21.4 Å². The van der Waals surface area contributed by atoms with Gasteiger partial charge in [-0.3, -0.25) is 10.2 Å². The van der Waals surface area contributed by atoms with E-state index in [0.717, 1.165) is 4.47 Å². The predicted octanol–water partition coefficient (Wildman–Crippen LogP) is 1.42. The summed E-state index contributed by atoms with van der Waals surface area (Å²) in [6, 6.07) is 7.40. The molecule has 0 aliphatic heterocycles. The summed E-state index contributed by atoms with van der Waals surface area (Å²) in [5.74, 6) is 0.474. The summed E-state index contributed by atoms with van der Waals surface area (Å²) in [5, 5.41) is 1.58. The molecule has 0 heterocycles. The lowest BCUT2D eigenvalue weighted by Crippen LogP contribution is -2.39. The molecule has 0 bridgehead atoms. The van der Waals surface area contributed by atoms with Crippen LogP contribution in [-0.4, -0.2) is 31.6 Å². The quantitative estimate of drug-likeness (QED) is 0.844. The Hall–Kier alpha value is -1.07. The van der Waals surface area contributed by atoms with Gasteiger partial charge >= 0.3 is 0 Å². The summed E-state index contributed by atoms with van der Waals surface area (Å²) in [4.78, 5) is 11.2. The van der Waals surface area contributed by atoms with E-state index in [1.165, 1.54) is 0 Å². The van der Waals surface area contributed by atoms with Gasteiger partial charge in [-0.1, -0.05) is 12.1 Å². The van der Waals surface area contributed by atoms with E-state index in [9.17, 15) is 4.79 Å². The van der Waals surface area contributed by atoms with E-state index in [1.54, 1.807) is 25.2 Å². The number of amides is 1. The molecule has 0 atom stereocenters. The highest BCUT2D eigenvalue weighted by Crippen LogP contribution is 2.23. The van der Waals surface area contributed by atoms with Gasteiger partial charge in [0.2, 0.25) is 0 Å². The number of rotatable bonds is 4. The molecule has 0 aliphatic rings. The highest BCUT2D eigenvalue weighted by molar-refractivity contribution is 9.10. The molecule has 0 unspecified atom stereocenters. The third kappa shape index (κ3) is 4.31. The van der Waals surface area contributed by atoms with Crippen LogP contribution < -0.4 is 10.2 Å². The first-order valence-electron chi connectivity index (χ1n) is 4.43. The fraction of sp³-hybridized carbons (Fsp3) is 0.300. The molecular weight excluding hydrogens is 260 g/mol. The summed E-state index contributed by atoms with van der Waals surface area (Å²) >= 11 is 3.33. The van der Waals surface area contributed by atoms with Gasteiger partial charge in [-0.25, -0.2) is 5.01 Å². The normalized spacial score (nSPS) is 10.1. The number of hydrazine groups is 1. The lowest BCUT2D eigenvalue weighted by Gasteiger charge is -2.12. The van der Waals surface area contributed by atoms with Gasteiger partial charge in [-0.15, -0.1) is 0 Å². The molecule has 15 heavy (non-hydrogen) atoms. The second-order valence-corrected chi connectivity index (χ2v) is 4.00. The third-order valence-corrected chi connectivity index (χ3v) is 2.20. The van der Waals surface area contributed by atoms with Gasteiger partial charge in [0, 0.05) is 14.1 Å². The van der Waals surface area contributed by atoms with E-state index in [1.807, 2.05) is 18.2 Å². The Bertz CT molecular complexity index is 342. The molecule has 0 aliphatic carbocycles. The van der Waals surface area contributed by atoms with Crippen LogP contribution in [0.15, 0.2) is 28.7 Å². The Labute approximate surface area is 97.3 Å². The maximum atomic E-state index is 11.2. The second-order valence-electron chi connectivity index (χ2n) is 3.15. The zero-order valence-electron chi connectivity index (χ0n) is 8.66.